The summed E-state index contributed by atoms with van der Waals surface area (Å²) in [4.78, 5) is 11.3. The summed E-state index contributed by atoms with van der Waals surface area (Å²) in [5.41, 5.74) is 2.26. The van der Waals surface area contributed by atoms with Crippen LogP contribution in [0.2, 0.25) is 0 Å². The Morgan fingerprint density at radius 3 is 2.62 bits per heavy atom. The van der Waals surface area contributed by atoms with Gasteiger partial charge in [0.15, 0.2) is 0 Å². The van der Waals surface area contributed by atoms with Crippen molar-refractivity contribution in [2.45, 2.75) is 37.3 Å². The molecule has 0 aromatic heterocycles. The smallest absolute Gasteiger partial charge is 0.335 e. The van der Waals surface area contributed by atoms with Crippen molar-refractivity contribution in [2.24, 2.45) is 0 Å². The van der Waals surface area contributed by atoms with E-state index in [1.807, 2.05) is 36.4 Å². The average Bonchev–Trinajstić information content (AvgIpc) is 3.26. The normalized spacial score (nSPS) is 22.6. The molecule has 0 spiro atoms. The summed E-state index contributed by atoms with van der Waals surface area (Å²) in [6.07, 6.45) is 1.69. The molecule has 0 saturated heterocycles. The lowest BCUT2D eigenvalue weighted by Crippen LogP contribution is -2.39. The van der Waals surface area contributed by atoms with Gasteiger partial charge in [-0.2, -0.15) is 0 Å². The lowest BCUT2D eigenvalue weighted by atomic mass is 9.92. The van der Waals surface area contributed by atoms with E-state index in [1.54, 1.807) is 12.1 Å². The first-order chi connectivity index (χ1) is 13.9. The summed E-state index contributed by atoms with van der Waals surface area (Å²) >= 11 is 0. The van der Waals surface area contributed by atoms with Crippen LogP contribution in [0.3, 0.4) is 0 Å². The first kappa shape index (κ1) is 19.7. The van der Waals surface area contributed by atoms with Crippen molar-refractivity contribution in [3.63, 3.8) is 0 Å². The number of sulfonamides is 1. The van der Waals surface area contributed by atoms with Gasteiger partial charge in [-0.25, -0.2) is 17.9 Å². The topological polar surface area (TPSA) is 92.7 Å². The third kappa shape index (κ3) is 3.93. The van der Waals surface area contributed by atoms with Gasteiger partial charge in [0, 0.05) is 23.1 Å². The molecule has 0 radical (unpaired) electrons. The number of hydrogen-bond donors (Lipinski definition) is 2. The molecule has 4 rings (SSSR count). The summed E-state index contributed by atoms with van der Waals surface area (Å²) < 4.78 is 34.3. The quantitative estimate of drug-likeness (QED) is 0.681. The largest absolute Gasteiger partial charge is 0.489 e. The highest BCUT2D eigenvalue weighted by atomic mass is 32.2. The van der Waals surface area contributed by atoms with E-state index in [0.29, 0.717) is 30.6 Å². The monoisotopic (exact) mass is 413 g/mol. The van der Waals surface area contributed by atoms with Gasteiger partial charge in [0.1, 0.15) is 11.9 Å². The lowest BCUT2D eigenvalue weighted by molar-refractivity contribution is -0.130. The molecule has 0 bridgehead atoms. The fourth-order valence-electron chi connectivity index (χ4n) is 4.28. The number of hydrogen-bond acceptors (Lipinski definition) is 4. The lowest BCUT2D eigenvalue weighted by Gasteiger charge is -2.19. The van der Waals surface area contributed by atoms with Gasteiger partial charge in [-0.15, -0.1) is 0 Å². The van der Waals surface area contributed by atoms with Crippen LogP contribution >= 0.6 is 0 Å². The number of fused-ring (bicyclic) bond motifs is 3. The van der Waals surface area contributed by atoms with Crippen LogP contribution in [-0.2, 0) is 21.2 Å². The van der Waals surface area contributed by atoms with Crippen molar-refractivity contribution < 1.29 is 23.1 Å². The molecule has 1 fully saturated rings. The summed E-state index contributed by atoms with van der Waals surface area (Å²) in [7, 11) is -3.46. The summed E-state index contributed by atoms with van der Waals surface area (Å²) in [6.45, 7) is 3.64. The number of carbonyl (C=O) groups is 1. The Labute approximate surface area is 170 Å². The Morgan fingerprint density at radius 1 is 1.14 bits per heavy atom. The van der Waals surface area contributed by atoms with Crippen LogP contribution in [0.4, 0.5) is 0 Å². The molecule has 3 atom stereocenters. The zero-order valence-electron chi connectivity index (χ0n) is 15.9. The van der Waals surface area contributed by atoms with Gasteiger partial charge < -0.3 is 9.84 Å². The molecule has 2 aromatic rings. The molecule has 1 aliphatic heterocycles. The summed E-state index contributed by atoms with van der Waals surface area (Å²) in [5.74, 6) is -0.688. The van der Waals surface area contributed by atoms with Crippen molar-refractivity contribution in [1.29, 1.82) is 0 Å². The molecule has 6 nitrogen and oxygen atoms in total. The van der Waals surface area contributed by atoms with Gasteiger partial charge in [0.25, 0.3) is 0 Å². The van der Waals surface area contributed by atoms with E-state index in [0.717, 1.165) is 11.1 Å². The highest BCUT2D eigenvalue weighted by molar-refractivity contribution is 7.89. The predicted molar refractivity (Wildman–Crippen MR) is 110 cm³/mol. The SMILES string of the molecule is C=C(C(=O)O)c1cccc2c1OC1CCC(NS(=O)(=O)CCc3ccccc3)C21. The molecular weight excluding hydrogens is 390 g/mol. The molecular formula is C22H23NO5S. The molecule has 152 valence electrons. The second kappa shape index (κ2) is 7.65. The molecule has 1 saturated carbocycles. The number of carboxylic acids is 1. The molecule has 1 heterocycles. The zero-order chi connectivity index (χ0) is 20.6. The maximum absolute atomic E-state index is 12.7. The van der Waals surface area contributed by atoms with E-state index in [1.165, 1.54) is 0 Å². The number of nitrogens with one attached hydrogen (secondary N) is 1. The van der Waals surface area contributed by atoms with Crippen LogP contribution in [0.15, 0.2) is 55.1 Å². The predicted octanol–water partition coefficient (Wildman–Crippen LogP) is 2.95. The van der Waals surface area contributed by atoms with Crippen LogP contribution in [0.1, 0.15) is 35.4 Å². The first-order valence-electron chi connectivity index (χ1n) is 9.62. The zero-order valence-corrected chi connectivity index (χ0v) is 16.7. The Balaban J connectivity index is 1.52. The fourth-order valence-corrected chi connectivity index (χ4v) is 5.63. The summed E-state index contributed by atoms with van der Waals surface area (Å²) in [6, 6.07) is 14.6. The van der Waals surface area contributed by atoms with Crippen LogP contribution < -0.4 is 9.46 Å². The number of para-hydroxylation sites is 1. The highest BCUT2D eigenvalue weighted by Crippen LogP contribution is 2.49. The Morgan fingerprint density at radius 2 is 1.90 bits per heavy atom. The number of ether oxygens (including phenoxy) is 1. The third-order valence-corrected chi connectivity index (χ3v) is 7.09. The molecule has 1 aliphatic carbocycles. The highest BCUT2D eigenvalue weighted by Gasteiger charge is 2.46. The van der Waals surface area contributed by atoms with Gasteiger partial charge in [0.2, 0.25) is 10.0 Å². The van der Waals surface area contributed by atoms with Crippen molar-refractivity contribution in [3.05, 3.63) is 71.8 Å². The van der Waals surface area contributed by atoms with Crippen LogP contribution in [0.25, 0.3) is 5.57 Å². The van der Waals surface area contributed by atoms with E-state index >= 15 is 0 Å². The average molecular weight is 413 g/mol. The van der Waals surface area contributed by atoms with Crippen molar-refractivity contribution in [2.75, 3.05) is 5.75 Å². The Bertz CT molecular complexity index is 1050. The molecule has 2 N–H and O–H groups in total. The molecule has 7 heteroatoms. The van der Waals surface area contributed by atoms with Crippen LogP contribution in [0.5, 0.6) is 5.75 Å². The second-order valence-corrected chi connectivity index (χ2v) is 9.42. The number of carboxylic acid groups (broad SMARTS) is 1. The van der Waals surface area contributed by atoms with Crippen molar-refractivity contribution in [1.82, 2.24) is 4.72 Å². The van der Waals surface area contributed by atoms with Gasteiger partial charge in [0.05, 0.1) is 11.3 Å². The minimum absolute atomic E-state index is 0.0223. The van der Waals surface area contributed by atoms with Gasteiger partial charge >= 0.3 is 5.97 Å². The third-order valence-electron chi connectivity index (χ3n) is 5.69. The summed E-state index contributed by atoms with van der Waals surface area (Å²) in [5, 5.41) is 9.28. The maximum atomic E-state index is 12.7. The number of aryl methyl sites for hydroxylation is 1. The van der Waals surface area contributed by atoms with Crippen molar-refractivity contribution >= 4 is 21.6 Å². The van der Waals surface area contributed by atoms with E-state index < -0.39 is 16.0 Å². The molecule has 29 heavy (non-hydrogen) atoms. The van der Waals surface area contributed by atoms with Gasteiger partial charge in [-0.3, -0.25) is 0 Å². The number of rotatable bonds is 7. The van der Waals surface area contributed by atoms with Crippen molar-refractivity contribution in [3.8, 4) is 5.75 Å². The van der Waals surface area contributed by atoms with E-state index in [-0.39, 0.29) is 29.4 Å². The Hall–Kier alpha value is -2.64. The van der Waals surface area contributed by atoms with Gasteiger partial charge in [-0.1, -0.05) is 55.1 Å². The van der Waals surface area contributed by atoms with E-state index in [2.05, 4.69) is 11.3 Å². The van der Waals surface area contributed by atoms with E-state index in [9.17, 15) is 18.3 Å². The minimum Gasteiger partial charge on any atom is -0.489 e. The number of benzene rings is 2. The van der Waals surface area contributed by atoms with Crippen LogP contribution in [0, 0.1) is 0 Å². The number of aliphatic carboxylic acids is 1. The fraction of sp³-hybridized carbons (Fsp3) is 0.318. The second-order valence-electron chi connectivity index (χ2n) is 7.55. The Kier molecular flexibility index (Phi) is 5.19. The molecule has 0 amide bonds. The van der Waals surface area contributed by atoms with E-state index in [4.69, 9.17) is 4.74 Å². The molecule has 2 aliphatic rings. The standard InChI is InChI=1S/C22H23NO5S/c1-14(22(24)25)16-8-5-9-17-20-18(10-11-19(20)28-21(16)17)23-29(26,27)13-12-15-6-3-2-4-7-15/h2-9,18-20,23H,1,10-13H2,(H,24,25). The first-order valence-corrected chi connectivity index (χ1v) is 11.3. The van der Waals surface area contributed by atoms with Gasteiger partial charge in [-0.05, 0) is 24.8 Å². The molecule has 2 aromatic carbocycles. The van der Waals surface area contributed by atoms with Crippen LogP contribution in [-0.4, -0.2) is 37.4 Å². The maximum Gasteiger partial charge on any atom is 0.335 e. The molecule has 3 unspecified atom stereocenters. The minimum atomic E-state index is -3.46.